The molecule has 0 amide bonds. The van der Waals surface area contributed by atoms with Crippen LogP contribution >= 0.6 is 0 Å². The third kappa shape index (κ3) is 3.95. The number of hydrogen-bond acceptors (Lipinski definition) is 1. The van der Waals surface area contributed by atoms with Crippen LogP contribution in [0.25, 0.3) is 95.1 Å². The molecular formula is C45H31NO. The summed E-state index contributed by atoms with van der Waals surface area (Å²) in [7, 11) is 0. The van der Waals surface area contributed by atoms with Crippen molar-refractivity contribution < 1.29 is 0 Å². The van der Waals surface area contributed by atoms with Crippen LogP contribution in [0.3, 0.4) is 0 Å². The van der Waals surface area contributed by atoms with Gasteiger partial charge < -0.3 is 0 Å². The first-order chi connectivity index (χ1) is 23.2. The number of fused-ring (bicyclic) bond motifs is 8. The lowest BCUT2D eigenvalue weighted by Crippen LogP contribution is -2.30. The first-order valence-corrected chi connectivity index (χ1v) is 16.2. The first kappa shape index (κ1) is 27.3. The Hall–Kier alpha value is -5.99. The van der Waals surface area contributed by atoms with Crippen LogP contribution in [0.1, 0.15) is 24.0 Å². The number of nitrogens with zero attached hydrogens (tertiary/aromatic N) is 1. The number of pyridine rings is 1. The normalized spacial score (nSPS) is 12.7. The highest BCUT2D eigenvalue weighted by Gasteiger charge is 2.23. The zero-order valence-electron chi connectivity index (χ0n) is 26.0. The monoisotopic (exact) mass is 601 g/mol. The number of benzene rings is 7. The van der Waals surface area contributed by atoms with Gasteiger partial charge in [0.15, 0.2) is 0 Å². The molecule has 2 nitrogen and oxygen atoms in total. The van der Waals surface area contributed by atoms with E-state index in [2.05, 4.69) is 98.1 Å². The summed E-state index contributed by atoms with van der Waals surface area (Å²) in [6.07, 6.45) is 10.6. The average Bonchev–Trinajstić information content (AvgIpc) is 3.13. The minimum atomic E-state index is -0.0480. The van der Waals surface area contributed by atoms with E-state index >= 15 is 0 Å². The first-order valence-electron chi connectivity index (χ1n) is 16.2. The smallest absolute Gasteiger partial charge is 0.263 e. The molecule has 0 N–H and O–H groups in total. The molecule has 2 heteroatoms. The van der Waals surface area contributed by atoms with Gasteiger partial charge in [-0.05, 0) is 103 Å². The Labute approximate surface area is 272 Å². The van der Waals surface area contributed by atoms with Crippen molar-refractivity contribution in [1.82, 2.24) is 4.57 Å². The summed E-state index contributed by atoms with van der Waals surface area (Å²) in [4.78, 5) is 14.5. The molecule has 0 saturated heterocycles. The Bertz CT molecular complexity index is 2850. The van der Waals surface area contributed by atoms with Gasteiger partial charge in [0.1, 0.15) is 0 Å². The summed E-state index contributed by atoms with van der Waals surface area (Å²) >= 11 is 0. The minimum Gasteiger partial charge on any atom is -0.275 e. The number of para-hydroxylation sites is 1. The molecule has 9 rings (SSSR count). The SMILES string of the molecule is C=Cc1c(C=C)c(-n2c(=O)c3ccccc3c3ccccc32)c2ccccc2c1-c1cc2cc3ccccc3cc2c2c1=CCCC=2. The van der Waals surface area contributed by atoms with Crippen LogP contribution in [0.15, 0.2) is 133 Å². The molecule has 8 aromatic rings. The van der Waals surface area contributed by atoms with Crippen LogP contribution in [0, 0.1) is 0 Å². The van der Waals surface area contributed by atoms with Gasteiger partial charge in [-0.15, -0.1) is 0 Å². The Morgan fingerprint density at radius 2 is 1.13 bits per heavy atom. The van der Waals surface area contributed by atoms with Crippen LogP contribution in [-0.2, 0) is 0 Å². The molecule has 0 saturated carbocycles. The van der Waals surface area contributed by atoms with E-state index in [1.165, 1.54) is 37.5 Å². The van der Waals surface area contributed by atoms with Crippen LogP contribution in [0.5, 0.6) is 0 Å². The van der Waals surface area contributed by atoms with Crippen molar-refractivity contribution in [3.63, 3.8) is 0 Å². The fraction of sp³-hybridized carbons (Fsp3) is 0.0444. The van der Waals surface area contributed by atoms with E-state index in [9.17, 15) is 4.79 Å². The molecule has 47 heavy (non-hydrogen) atoms. The van der Waals surface area contributed by atoms with Gasteiger partial charge in [-0.2, -0.15) is 0 Å². The summed E-state index contributed by atoms with van der Waals surface area (Å²) in [5.41, 5.74) is 5.80. The van der Waals surface area contributed by atoms with E-state index in [4.69, 9.17) is 0 Å². The van der Waals surface area contributed by atoms with Crippen LogP contribution < -0.4 is 16.0 Å². The maximum absolute atomic E-state index is 14.5. The maximum Gasteiger partial charge on any atom is 0.263 e. The highest BCUT2D eigenvalue weighted by atomic mass is 16.1. The Kier molecular flexibility index (Phi) is 6.13. The fourth-order valence-electron chi connectivity index (χ4n) is 7.90. The van der Waals surface area contributed by atoms with E-state index in [1.54, 1.807) is 0 Å². The molecule has 222 valence electrons. The van der Waals surface area contributed by atoms with E-state index in [0.717, 1.165) is 62.3 Å². The molecule has 0 aliphatic heterocycles. The third-order valence-corrected chi connectivity index (χ3v) is 9.91. The lowest BCUT2D eigenvalue weighted by molar-refractivity contribution is 1.07. The zero-order chi connectivity index (χ0) is 31.6. The van der Waals surface area contributed by atoms with E-state index in [1.807, 2.05) is 59.2 Å². The van der Waals surface area contributed by atoms with Gasteiger partial charge in [0, 0.05) is 21.7 Å². The topological polar surface area (TPSA) is 22.0 Å². The summed E-state index contributed by atoms with van der Waals surface area (Å²) in [6, 6.07) is 40.2. The summed E-state index contributed by atoms with van der Waals surface area (Å²) in [5, 5.41) is 12.3. The number of hydrogen-bond donors (Lipinski definition) is 0. The maximum atomic E-state index is 14.5. The molecule has 1 aliphatic carbocycles. The lowest BCUT2D eigenvalue weighted by Gasteiger charge is -2.23. The van der Waals surface area contributed by atoms with Crippen molar-refractivity contribution in [2.24, 2.45) is 0 Å². The standard InChI is InChI=1S/C45H31NO/c1-3-31-32(4-2)44(46-42-24-14-13-20-36(42)35-19-9-12-23-39(35)45(46)47)38-22-11-10-21-37(38)43(31)41-27-30-25-28-15-5-6-16-29(28)26-40(30)33-17-7-8-18-34(33)41/h3-6,9-27H,1-2,7-8H2. The van der Waals surface area contributed by atoms with Gasteiger partial charge in [-0.3, -0.25) is 9.36 Å². The van der Waals surface area contributed by atoms with Crippen molar-refractivity contribution in [2.75, 3.05) is 0 Å². The summed E-state index contributed by atoms with van der Waals surface area (Å²) in [6.45, 7) is 8.70. The highest BCUT2D eigenvalue weighted by Crippen LogP contribution is 2.41. The Balaban J connectivity index is 1.48. The molecule has 0 unspecified atom stereocenters. The van der Waals surface area contributed by atoms with Crippen molar-refractivity contribution in [1.29, 1.82) is 0 Å². The molecule has 7 aromatic carbocycles. The molecule has 0 spiro atoms. The van der Waals surface area contributed by atoms with Crippen molar-refractivity contribution in [3.8, 4) is 16.8 Å². The second-order valence-corrected chi connectivity index (χ2v) is 12.4. The van der Waals surface area contributed by atoms with E-state index in [-0.39, 0.29) is 5.56 Å². The van der Waals surface area contributed by atoms with Crippen LogP contribution in [0.4, 0.5) is 0 Å². The second-order valence-electron chi connectivity index (χ2n) is 12.4. The van der Waals surface area contributed by atoms with Gasteiger partial charge in [-0.25, -0.2) is 0 Å². The molecule has 1 aliphatic rings. The Morgan fingerprint density at radius 3 is 1.87 bits per heavy atom. The minimum absolute atomic E-state index is 0.0480. The molecular weight excluding hydrogens is 571 g/mol. The van der Waals surface area contributed by atoms with E-state index < -0.39 is 0 Å². The Morgan fingerprint density at radius 1 is 0.532 bits per heavy atom. The summed E-state index contributed by atoms with van der Waals surface area (Å²) < 4.78 is 1.90. The highest BCUT2D eigenvalue weighted by molar-refractivity contribution is 6.12. The summed E-state index contributed by atoms with van der Waals surface area (Å²) in [5.74, 6) is 0. The van der Waals surface area contributed by atoms with Gasteiger partial charge in [0.05, 0.1) is 11.2 Å². The largest absolute Gasteiger partial charge is 0.275 e. The molecule has 0 bridgehead atoms. The lowest BCUT2D eigenvalue weighted by atomic mass is 9.84. The molecule has 0 radical (unpaired) electrons. The molecule has 0 fully saturated rings. The predicted octanol–water partition coefficient (Wildman–Crippen LogP) is 9.91. The van der Waals surface area contributed by atoms with Gasteiger partial charge in [0.25, 0.3) is 5.56 Å². The van der Waals surface area contributed by atoms with Crippen molar-refractivity contribution in [2.45, 2.75) is 12.8 Å². The molecule has 1 heterocycles. The quantitative estimate of drug-likeness (QED) is 0.145. The number of aromatic nitrogens is 1. The average molecular weight is 602 g/mol. The van der Waals surface area contributed by atoms with Gasteiger partial charge >= 0.3 is 0 Å². The van der Waals surface area contributed by atoms with Gasteiger partial charge in [-0.1, -0.05) is 122 Å². The number of rotatable bonds is 4. The third-order valence-electron chi connectivity index (χ3n) is 9.91. The van der Waals surface area contributed by atoms with Gasteiger partial charge in [0.2, 0.25) is 0 Å². The van der Waals surface area contributed by atoms with E-state index in [0.29, 0.717) is 5.39 Å². The fourth-order valence-corrected chi connectivity index (χ4v) is 7.90. The second kappa shape index (κ2) is 10.5. The van der Waals surface area contributed by atoms with Crippen molar-refractivity contribution >= 4 is 78.3 Å². The molecule has 0 atom stereocenters. The van der Waals surface area contributed by atoms with Crippen LogP contribution in [-0.4, -0.2) is 4.57 Å². The van der Waals surface area contributed by atoms with Crippen LogP contribution in [0.2, 0.25) is 0 Å². The zero-order valence-corrected chi connectivity index (χ0v) is 26.0. The van der Waals surface area contributed by atoms with Crippen molar-refractivity contribution in [3.05, 3.63) is 160 Å². The molecule has 1 aromatic heterocycles. The predicted molar refractivity (Wildman–Crippen MR) is 203 cm³/mol.